The molecule has 0 spiro atoms. The molecule has 1 aliphatic heterocycles. The van der Waals surface area contributed by atoms with Crippen molar-refractivity contribution in [1.29, 1.82) is 0 Å². The van der Waals surface area contributed by atoms with Gasteiger partial charge in [-0.25, -0.2) is 5.26 Å². The first-order chi connectivity index (χ1) is 19.2. The van der Waals surface area contributed by atoms with E-state index >= 15 is 0 Å². The number of thiazole rings is 1. The molecule has 4 rings (SSSR count). The molecule has 3 aromatic rings. The molecule has 0 bridgehead atoms. The number of fused-ring (bicyclic) bond motifs is 2. The Bertz CT molecular complexity index is 1510. The van der Waals surface area contributed by atoms with Crippen molar-refractivity contribution < 1.29 is 31.9 Å². The number of benzene rings is 2. The number of aromatic nitrogens is 1. The maximum absolute atomic E-state index is 12.7. The molecular formula is C25H28Cl2N3O6S4+. The number of hydrogen-bond donors (Lipinski definition) is 2. The molecule has 0 amide bonds. The van der Waals surface area contributed by atoms with Crippen LogP contribution in [-0.2, 0) is 29.7 Å². The predicted molar refractivity (Wildman–Crippen MR) is 164 cm³/mol. The van der Waals surface area contributed by atoms with E-state index in [0.29, 0.717) is 40.8 Å². The zero-order valence-corrected chi connectivity index (χ0v) is 26.4. The third kappa shape index (κ3) is 8.13. The summed E-state index contributed by atoms with van der Waals surface area (Å²) in [5.74, 6) is 0.233. The molecule has 0 saturated heterocycles. The van der Waals surface area contributed by atoms with Gasteiger partial charge in [-0.05, 0) is 54.8 Å². The molecule has 2 aromatic carbocycles. The summed E-state index contributed by atoms with van der Waals surface area (Å²) in [4.78, 5) is 3.29. The Morgan fingerprint density at radius 1 is 1.20 bits per heavy atom. The average Bonchev–Trinajstić information content (AvgIpc) is 3.43. The van der Waals surface area contributed by atoms with Crippen molar-refractivity contribution in [2.24, 2.45) is 0 Å². The lowest BCUT2D eigenvalue weighted by Gasteiger charge is -2.20. The highest BCUT2D eigenvalue weighted by Gasteiger charge is 2.28. The van der Waals surface area contributed by atoms with Crippen molar-refractivity contribution in [2.45, 2.75) is 37.5 Å². The van der Waals surface area contributed by atoms with Crippen LogP contribution in [0.5, 0.6) is 0 Å². The molecule has 0 unspecified atom stereocenters. The van der Waals surface area contributed by atoms with Gasteiger partial charge >= 0.3 is 10.1 Å². The summed E-state index contributed by atoms with van der Waals surface area (Å²) < 4.78 is 37.5. The van der Waals surface area contributed by atoms with E-state index in [9.17, 15) is 8.42 Å². The summed E-state index contributed by atoms with van der Waals surface area (Å²) >= 11 is 16.7. The van der Waals surface area contributed by atoms with Crippen LogP contribution in [0.2, 0.25) is 10.0 Å². The van der Waals surface area contributed by atoms with Gasteiger partial charge in [-0.3, -0.25) is 0 Å². The number of thioether (sulfide) groups is 1. The predicted octanol–water partition coefficient (Wildman–Crippen LogP) is 7.03. The number of nitrogens with one attached hydrogen (secondary N) is 1. The second kappa shape index (κ2) is 14.7. The molecule has 1 aliphatic rings. The summed E-state index contributed by atoms with van der Waals surface area (Å²) in [7, 11) is -3.92. The van der Waals surface area contributed by atoms with Crippen molar-refractivity contribution in [1.82, 2.24) is 5.48 Å². The maximum atomic E-state index is 12.7. The minimum atomic E-state index is -3.92. The Morgan fingerprint density at radius 3 is 2.73 bits per heavy atom. The number of anilines is 1. The maximum Gasteiger partial charge on any atom is 0.345 e. The SMILES string of the molecule is CCNOS(=O)(=O)C[n+]1c(/C=C(/C=C2/Sc3ccc(Cl)cc3N2CCCSOOO)CC)sc2ccc(Cl)cc21. The Labute approximate surface area is 255 Å². The van der Waals surface area contributed by atoms with Gasteiger partial charge in [0.1, 0.15) is 4.70 Å². The molecule has 0 aliphatic carbocycles. The largest absolute Gasteiger partial charge is 0.345 e. The van der Waals surface area contributed by atoms with Crippen LogP contribution in [0.15, 0.2) is 58.0 Å². The molecule has 216 valence electrons. The standard InChI is InChI=1S/C25H27Cl2N3O6S4/c1-3-17(12-24-29(10-5-11-37-36-35-31)20-14-18(26)6-8-22(20)38-24)13-25-30(16-40(32,33)34-28-4-2)21-15-19(27)7-9-23(21)39-25/h6-9,12-15,28H,3-5,10-11,16H2,1-2H3/p+1. The molecule has 1 aromatic heterocycles. The molecule has 2 N–H and O–H groups in total. The van der Waals surface area contributed by atoms with Crippen LogP contribution in [0.1, 0.15) is 31.7 Å². The zero-order chi connectivity index (χ0) is 28.7. The fourth-order valence-electron chi connectivity index (χ4n) is 3.96. The van der Waals surface area contributed by atoms with Crippen molar-refractivity contribution in [3.63, 3.8) is 0 Å². The molecule has 15 heteroatoms. The number of hydroxylamine groups is 1. The first kappa shape index (κ1) is 31.6. The van der Waals surface area contributed by atoms with Gasteiger partial charge in [0.05, 0.1) is 10.7 Å². The van der Waals surface area contributed by atoms with Crippen LogP contribution in [-0.4, -0.2) is 32.5 Å². The molecule has 40 heavy (non-hydrogen) atoms. The molecule has 0 radical (unpaired) electrons. The van der Waals surface area contributed by atoms with E-state index in [2.05, 4.69) is 32.8 Å². The highest BCUT2D eigenvalue weighted by Crippen LogP contribution is 2.47. The molecule has 0 saturated carbocycles. The smallest absolute Gasteiger partial charge is 0.335 e. The molecule has 2 heterocycles. The van der Waals surface area contributed by atoms with E-state index in [1.165, 1.54) is 11.3 Å². The van der Waals surface area contributed by atoms with Gasteiger partial charge in [0, 0.05) is 58.0 Å². The van der Waals surface area contributed by atoms with Crippen LogP contribution in [0.4, 0.5) is 5.69 Å². The lowest BCUT2D eigenvalue weighted by atomic mass is 10.2. The minimum Gasteiger partial charge on any atom is -0.335 e. The monoisotopic (exact) mass is 664 g/mol. The third-order valence-electron chi connectivity index (χ3n) is 5.72. The van der Waals surface area contributed by atoms with Crippen LogP contribution in [0.3, 0.4) is 0 Å². The topological polar surface area (TPSA) is 101 Å². The van der Waals surface area contributed by atoms with Crippen molar-refractivity contribution >= 4 is 90.4 Å². The van der Waals surface area contributed by atoms with Crippen LogP contribution >= 0.6 is 58.3 Å². The summed E-state index contributed by atoms with van der Waals surface area (Å²) in [5.41, 5.74) is 5.16. The highest BCUT2D eigenvalue weighted by atomic mass is 35.5. The highest BCUT2D eigenvalue weighted by molar-refractivity contribution is 8.03. The normalized spacial score (nSPS) is 15.0. The second-order valence-electron chi connectivity index (χ2n) is 8.49. The minimum absolute atomic E-state index is 0.350. The second-order valence-corrected chi connectivity index (χ2v) is 13.8. The number of hydrogen-bond acceptors (Lipinski definition) is 11. The quantitative estimate of drug-likeness (QED) is 0.0614. The van der Waals surface area contributed by atoms with Crippen LogP contribution in [0, 0.1) is 0 Å². The number of nitrogens with zero attached hydrogens (tertiary/aromatic N) is 2. The molecule has 9 nitrogen and oxygen atoms in total. The Hall–Kier alpha value is -1.36. The Balaban J connectivity index is 1.70. The number of halogens is 2. The lowest BCUT2D eigenvalue weighted by Crippen LogP contribution is -2.41. The van der Waals surface area contributed by atoms with Gasteiger partial charge in [0.2, 0.25) is 5.52 Å². The van der Waals surface area contributed by atoms with E-state index in [1.807, 2.05) is 30.3 Å². The fourth-order valence-corrected chi connectivity index (χ4v) is 7.94. The zero-order valence-electron chi connectivity index (χ0n) is 21.6. The fraction of sp³-hybridized carbons (Fsp3) is 0.320. The van der Waals surface area contributed by atoms with E-state index in [1.54, 1.807) is 35.4 Å². The van der Waals surface area contributed by atoms with Gasteiger partial charge < -0.3 is 4.90 Å². The van der Waals surface area contributed by atoms with E-state index in [0.717, 1.165) is 49.4 Å². The number of allylic oxidation sites excluding steroid dienone is 2. The van der Waals surface area contributed by atoms with Gasteiger partial charge in [-0.15, -0.1) is 4.33 Å². The van der Waals surface area contributed by atoms with Crippen LogP contribution < -0.4 is 14.9 Å². The summed E-state index contributed by atoms with van der Waals surface area (Å²) in [6, 6.07) is 11.2. The Kier molecular flexibility index (Phi) is 11.6. The van der Waals surface area contributed by atoms with Crippen molar-refractivity contribution in [3.05, 3.63) is 68.1 Å². The Morgan fingerprint density at radius 2 is 1.98 bits per heavy atom. The average molecular weight is 666 g/mol. The summed E-state index contributed by atoms with van der Waals surface area (Å²) in [5, 5.41) is 15.0. The lowest BCUT2D eigenvalue weighted by molar-refractivity contribution is -0.649. The van der Waals surface area contributed by atoms with Gasteiger partial charge in [0.25, 0.3) is 10.9 Å². The van der Waals surface area contributed by atoms with E-state index < -0.39 is 10.1 Å². The number of rotatable bonds is 14. The van der Waals surface area contributed by atoms with E-state index in [-0.39, 0.29) is 5.88 Å². The first-order valence-corrected chi connectivity index (χ1v) is 17.1. The molecule has 0 fully saturated rings. The summed E-state index contributed by atoms with van der Waals surface area (Å²) in [6.07, 6.45) is 5.58. The van der Waals surface area contributed by atoms with Gasteiger partial charge in [0.15, 0.2) is 0 Å². The third-order valence-corrected chi connectivity index (χ3v) is 9.97. The van der Waals surface area contributed by atoms with Gasteiger partial charge in [-0.2, -0.15) is 22.7 Å². The van der Waals surface area contributed by atoms with Crippen molar-refractivity contribution in [2.75, 3.05) is 23.7 Å². The van der Waals surface area contributed by atoms with Gasteiger partial charge in [-0.1, -0.05) is 65.2 Å². The molecule has 0 atom stereocenters. The van der Waals surface area contributed by atoms with E-state index in [4.69, 9.17) is 32.7 Å². The van der Waals surface area contributed by atoms with Crippen LogP contribution in [0.25, 0.3) is 16.3 Å². The van der Waals surface area contributed by atoms with Crippen molar-refractivity contribution in [3.8, 4) is 0 Å². The summed E-state index contributed by atoms with van der Waals surface area (Å²) in [6.45, 7) is 4.85. The first-order valence-electron chi connectivity index (χ1n) is 12.3. The molecular weight excluding hydrogens is 637 g/mol.